The number of piperidine rings is 1. The predicted molar refractivity (Wildman–Crippen MR) is 131 cm³/mol. The summed E-state index contributed by atoms with van der Waals surface area (Å²) in [6.45, 7) is 12.6. The van der Waals surface area contributed by atoms with Crippen LogP contribution < -0.4 is 4.74 Å². The first kappa shape index (κ1) is 23.1. The Kier molecular flexibility index (Phi) is 6.59. The lowest BCUT2D eigenvalue weighted by molar-refractivity contribution is -0.138. The fourth-order valence-electron chi connectivity index (χ4n) is 5.16. The van der Waals surface area contributed by atoms with Crippen molar-refractivity contribution in [3.05, 3.63) is 70.4 Å². The lowest BCUT2D eigenvalue weighted by atomic mass is 9.91. The van der Waals surface area contributed by atoms with Gasteiger partial charge in [-0.15, -0.1) is 0 Å². The number of hydrogen-bond donors (Lipinski definition) is 0. The van der Waals surface area contributed by atoms with E-state index in [0.29, 0.717) is 23.1 Å². The molecule has 2 aromatic rings. The van der Waals surface area contributed by atoms with Crippen molar-refractivity contribution in [2.75, 3.05) is 26.2 Å². The van der Waals surface area contributed by atoms with E-state index < -0.39 is 0 Å². The van der Waals surface area contributed by atoms with E-state index in [4.69, 9.17) is 4.74 Å². The zero-order valence-electron chi connectivity index (χ0n) is 20.4. The number of amides is 2. The average molecular weight is 447 g/mol. The van der Waals surface area contributed by atoms with Crippen LogP contribution in [0.2, 0.25) is 0 Å². The number of imide groups is 1. The van der Waals surface area contributed by atoms with Crippen molar-refractivity contribution in [3.63, 3.8) is 0 Å². The minimum atomic E-state index is -0.228. The van der Waals surface area contributed by atoms with Gasteiger partial charge in [-0.1, -0.05) is 49.7 Å². The standard InChI is InChI=1S/C28H34N2O3/c1-18-6-8-23(9-7-18)25-26(29-16-21(4)13-22(5)17-29)28(32)30(27(25)31)10-11-33-24-14-19(2)12-20(3)15-24/h6-9,12,14-15,21-22H,10-11,13,16-17H2,1-5H3. The van der Waals surface area contributed by atoms with Gasteiger partial charge in [0, 0.05) is 13.1 Å². The van der Waals surface area contributed by atoms with Crippen molar-refractivity contribution >= 4 is 17.4 Å². The predicted octanol–water partition coefficient (Wildman–Crippen LogP) is 4.75. The Morgan fingerprint density at radius 3 is 2.06 bits per heavy atom. The van der Waals surface area contributed by atoms with Crippen molar-refractivity contribution in [1.82, 2.24) is 9.80 Å². The first-order chi connectivity index (χ1) is 15.7. The van der Waals surface area contributed by atoms with Crippen LogP contribution in [-0.4, -0.2) is 47.9 Å². The number of rotatable bonds is 6. The van der Waals surface area contributed by atoms with E-state index in [0.717, 1.165) is 47.5 Å². The van der Waals surface area contributed by atoms with E-state index in [1.54, 1.807) is 0 Å². The molecule has 2 heterocycles. The summed E-state index contributed by atoms with van der Waals surface area (Å²) in [5.41, 5.74) is 5.24. The third-order valence-corrected chi connectivity index (χ3v) is 6.45. The van der Waals surface area contributed by atoms with Crippen LogP contribution in [0.5, 0.6) is 5.75 Å². The molecule has 2 atom stereocenters. The monoisotopic (exact) mass is 446 g/mol. The zero-order valence-corrected chi connectivity index (χ0v) is 20.4. The van der Waals surface area contributed by atoms with Gasteiger partial charge in [0.15, 0.2) is 0 Å². The van der Waals surface area contributed by atoms with Crippen molar-refractivity contribution in [2.24, 2.45) is 11.8 Å². The molecule has 2 aliphatic rings. The summed E-state index contributed by atoms with van der Waals surface area (Å²) in [5.74, 6) is 1.28. The molecular weight excluding hydrogens is 412 g/mol. The van der Waals surface area contributed by atoms with E-state index in [1.165, 1.54) is 4.90 Å². The lowest BCUT2D eigenvalue weighted by Gasteiger charge is -2.37. The number of likely N-dealkylation sites (tertiary alicyclic amines) is 1. The van der Waals surface area contributed by atoms with Crippen LogP contribution in [0.15, 0.2) is 48.2 Å². The molecule has 0 saturated carbocycles. The quantitative estimate of drug-likeness (QED) is 0.601. The number of carbonyl (C=O) groups is 2. The summed E-state index contributed by atoms with van der Waals surface area (Å²) in [4.78, 5) is 30.6. The van der Waals surface area contributed by atoms with Gasteiger partial charge in [-0.3, -0.25) is 14.5 Å². The molecule has 0 spiro atoms. The summed E-state index contributed by atoms with van der Waals surface area (Å²) in [6.07, 6.45) is 1.14. The van der Waals surface area contributed by atoms with Gasteiger partial charge in [0.25, 0.3) is 11.8 Å². The highest BCUT2D eigenvalue weighted by atomic mass is 16.5. The topological polar surface area (TPSA) is 49.9 Å². The smallest absolute Gasteiger partial charge is 0.277 e. The molecule has 33 heavy (non-hydrogen) atoms. The van der Waals surface area contributed by atoms with Crippen molar-refractivity contribution in [2.45, 2.75) is 41.0 Å². The van der Waals surface area contributed by atoms with E-state index >= 15 is 0 Å². The molecule has 5 nitrogen and oxygen atoms in total. The minimum absolute atomic E-state index is 0.208. The second-order valence-electron chi connectivity index (χ2n) is 9.87. The number of carbonyl (C=O) groups excluding carboxylic acids is 2. The third kappa shape index (κ3) is 4.97. The highest BCUT2D eigenvalue weighted by Crippen LogP contribution is 2.35. The molecule has 2 aliphatic heterocycles. The molecule has 1 fully saturated rings. The maximum absolute atomic E-state index is 13.6. The van der Waals surface area contributed by atoms with E-state index in [1.807, 2.05) is 57.2 Å². The van der Waals surface area contributed by atoms with E-state index in [9.17, 15) is 9.59 Å². The van der Waals surface area contributed by atoms with Gasteiger partial charge in [0.1, 0.15) is 18.1 Å². The fourth-order valence-corrected chi connectivity index (χ4v) is 5.16. The Bertz CT molecular complexity index is 1060. The van der Waals surface area contributed by atoms with E-state index in [-0.39, 0.29) is 25.0 Å². The summed E-state index contributed by atoms with van der Waals surface area (Å²) < 4.78 is 5.92. The Labute approximate surface area is 197 Å². The number of benzene rings is 2. The molecule has 174 valence electrons. The Hall–Kier alpha value is -3.08. The molecule has 2 amide bonds. The average Bonchev–Trinajstić information content (AvgIpc) is 2.98. The van der Waals surface area contributed by atoms with Gasteiger partial charge >= 0.3 is 0 Å². The summed E-state index contributed by atoms with van der Waals surface area (Å²) >= 11 is 0. The SMILES string of the molecule is Cc1ccc(C2=C(N3CC(C)CC(C)C3)C(=O)N(CCOc3cc(C)cc(C)c3)C2=O)cc1. The maximum Gasteiger partial charge on any atom is 0.277 e. The molecule has 0 radical (unpaired) electrons. The maximum atomic E-state index is 13.6. The van der Waals surface area contributed by atoms with Crippen LogP contribution in [0.4, 0.5) is 0 Å². The van der Waals surface area contributed by atoms with Gasteiger partial charge < -0.3 is 9.64 Å². The molecule has 5 heteroatoms. The zero-order chi connectivity index (χ0) is 23.7. The molecule has 0 aliphatic carbocycles. The van der Waals surface area contributed by atoms with Crippen LogP contribution in [0.1, 0.15) is 42.5 Å². The molecule has 2 aromatic carbocycles. The first-order valence-electron chi connectivity index (χ1n) is 11.9. The summed E-state index contributed by atoms with van der Waals surface area (Å²) in [6, 6.07) is 13.9. The van der Waals surface area contributed by atoms with Crippen molar-refractivity contribution in [3.8, 4) is 5.75 Å². The van der Waals surface area contributed by atoms with Crippen LogP contribution >= 0.6 is 0 Å². The number of hydrogen-bond acceptors (Lipinski definition) is 4. The number of nitrogens with zero attached hydrogens (tertiary/aromatic N) is 2. The van der Waals surface area contributed by atoms with E-state index in [2.05, 4.69) is 24.8 Å². The molecule has 4 rings (SSSR count). The van der Waals surface area contributed by atoms with Gasteiger partial charge in [-0.05, 0) is 67.9 Å². The van der Waals surface area contributed by atoms with Gasteiger partial charge in [0.2, 0.25) is 0 Å². The number of ether oxygens (including phenoxy) is 1. The van der Waals surface area contributed by atoms with Crippen LogP contribution in [0.25, 0.3) is 5.57 Å². The molecule has 0 bridgehead atoms. The largest absolute Gasteiger partial charge is 0.492 e. The van der Waals surface area contributed by atoms with Gasteiger partial charge in [-0.25, -0.2) is 0 Å². The Morgan fingerprint density at radius 1 is 0.848 bits per heavy atom. The van der Waals surface area contributed by atoms with Gasteiger partial charge in [-0.2, -0.15) is 0 Å². The number of aryl methyl sites for hydroxylation is 3. The van der Waals surface area contributed by atoms with Gasteiger partial charge in [0.05, 0.1) is 12.1 Å². The highest BCUT2D eigenvalue weighted by Gasteiger charge is 2.42. The lowest BCUT2D eigenvalue weighted by Crippen LogP contribution is -2.42. The summed E-state index contributed by atoms with van der Waals surface area (Å²) in [5, 5.41) is 0. The molecule has 2 unspecified atom stereocenters. The Morgan fingerprint density at radius 2 is 1.45 bits per heavy atom. The van der Waals surface area contributed by atoms with Crippen molar-refractivity contribution < 1.29 is 14.3 Å². The Balaban J connectivity index is 1.59. The third-order valence-electron chi connectivity index (χ3n) is 6.45. The molecular formula is C28H34N2O3. The normalized spacial score (nSPS) is 21.2. The second-order valence-corrected chi connectivity index (χ2v) is 9.87. The first-order valence-corrected chi connectivity index (χ1v) is 11.9. The van der Waals surface area contributed by atoms with Crippen LogP contribution in [-0.2, 0) is 9.59 Å². The van der Waals surface area contributed by atoms with Crippen molar-refractivity contribution in [1.29, 1.82) is 0 Å². The van der Waals surface area contributed by atoms with Crippen LogP contribution in [0, 0.1) is 32.6 Å². The second kappa shape index (κ2) is 9.42. The highest BCUT2D eigenvalue weighted by molar-refractivity contribution is 6.35. The minimum Gasteiger partial charge on any atom is -0.492 e. The summed E-state index contributed by atoms with van der Waals surface area (Å²) in [7, 11) is 0. The molecule has 1 saturated heterocycles. The fraction of sp³-hybridized carbons (Fsp3) is 0.429. The molecule has 0 aromatic heterocycles. The van der Waals surface area contributed by atoms with Crippen LogP contribution in [0.3, 0.4) is 0 Å². The molecule has 0 N–H and O–H groups in total.